The number of fused-ring (bicyclic) bond motifs is 1. The molecule has 3 rings (SSSR count). The van der Waals surface area contributed by atoms with E-state index in [4.69, 9.17) is 4.74 Å². The Kier molecular flexibility index (Phi) is 4.53. The summed E-state index contributed by atoms with van der Waals surface area (Å²) in [6, 6.07) is 14.9. The first-order chi connectivity index (χ1) is 11.5. The number of carbonyl (C=O) groups is 2. The molecule has 1 aliphatic rings. The lowest BCUT2D eigenvalue weighted by molar-refractivity contribution is -0.122. The second kappa shape index (κ2) is 6.61. The summed E-state index contributed by atoms with van der Waals surface area (Å²) in [6.45, 7) is 3.68. The first-order valence-corrected chi connectivity index (χ1v) is 8.41. The molecule has 0 aromatic heterocycles. The number of imide groups is 1. The third-order valence-corrected chi connectivity index (χ3v) is 4.25. The summed E-state index contributed by atoms with van der Waals surface area (Å²) in [5.74, 6) is -0.184. The normalized spacial score (nSPS) is 15.3. The van der Waals surface area contributed by atoms with Gasteiger partial charge in [-0.3, -0.25) is 9.59 Å². The number of amides is 2. The van der Waals surface area contributed by atoms with Gasteiger partial charge in [0.25, 0.3) is 5.91 Å². The molecule has 2 aromatic rings. The van der Waals surface area contributed by atoms with Crippen LogP contribution in [0.15, 0.2) is 53.0 Å². The van der Waals surface area contributed by atoms with Gasteiger partial charge in [-0.05, 0) is 19.1 Å². The molecule has 0 spiro atoms. The Hall–Kier alpha value is -2.40. The van der Waals surface area contributed by atoms with E-state index in [0.29, 0.717) is 29.2 Å². The fraction of sp³-hybridized carbons (Fsp3) is 0.158. The topological polar surface area (TPSA) is 46.6 Å². The number of hydrogen-bond acceptors (Lipinski definition) is 3. The Morgan fingerprint density at radius 3 is 2.50 bits per heavy atom. The Morgan fingerprint density at radius 2 is 1.88 bits per heavy atom. The first kappa shape index (κ1) is 16.5. The molecular formula is C19H16BrNO3. The van der Waals surface area contributed by atoms with Crippen LogP contribution in [-0.4, -0.2) is 18.4 Å². The van der Waals surface area contributed by atoms with Crippen LogP contribution >= 0.6 is 15.9 Å². The molecule has 2 aromatic carbocycles. The molecule has 0 aliphatic carbocycles. The molecule has 2 amide bonds. The minimum Gasteiger partial charge on any atom is -0.492 e. The lowest BCUT2D eigenvalue weighted by Gasteiger charge is -2.13. The van der Waals surface area contributed by atoms with E-state index in [1.165, 1.54) is 11.8 Å². The van der Waals surface area contributed by atoms with Crippen molar-refractivity contribution in [3.05, 3.63) is 64.1 Å². The second-order valence-electron chi connectivity index (χ2n) is 5.32. The van der Waals surface area contributed by atoms with E-state index in [-0.39, 0.29) is 11.8 Å². The molecule has 5 heteroatoms. The van der Waals surface area contributed by atoms with Crippen molar-refractivity contribution in [1.82, 2.24) is 0 Å². The van der Waals surface area contributed by atoms with E-state index in [9.17, 15) is 9.59 Å². The van der Waals surface area contributed by atoms with Crippen molar-refractivity contribution in [2.75, 3.05) is 11.5 Å². The lowest BCUT2D eigenvalue weighted by Crippen LogP contribution is -2.31. The van der Waals surface area contributed by atoms with Crippen molar-refractivity contribution in [1.29, 1.82) is 0 Å². The SMILES string of the molecule is CCOC(=C1C(=O)N(C(C)=O)c2cc(Br)ccc21)c1ccccc1. The summed E-state index contributed by atoms with van der Waals surface area (Å²) in [6.07, 6.45) is 0. The number of ether oxygens (including phenoxy) is 1. The highest BCUT2D eigenvalue weighted by Crippen LogP contribution is 2.42. The largest absolute Gasteiger partial charge is 0.492 e. The lowest BCUT2D eigenvalue weighted by atomic mass is 10.0. The van der Waals surface area contributed by atoms with E-state index < -0.39 is 0 Å². The average molecular weight is 386 g/mol. The van der Waals surface area contributed by atoms with Gasteiger partial charge >= 0.3 is 0 Å². The molecule has 0 fully saturated rings. The van der Waals surface area contributed by atoms with Crippen molar-refractivity contribution in [2.45, 2.75) is 13.8 Å². The van der Waals surface area contributed by atoms with Crippen LogP contribution < -0.4 is 4.90 Å². The van der Waals surface area contributed by atoms with E-state index in [0.717, 1.165) is 10.0 Å². The number of halogens is 1. The van der Waals surface area contributed by atoms with Crippen LogP contribution in [0.5, 0.6) is 0 Å². The molecular weight excluding hydrogens is 370 g/mol. The molecule has 122 valence electrons. The van der Waals surface area contributed by atoms with Gasteiger partial charge in [-0.15, -0.1) is 0 Å². The van der Waals surface area contributed by atoms with E-state index in [1.807, 2.05) is 49.4 Å². The van der Waals surface area contributed by atoms with Crippen LogP contribution in [0.4, 0.5) is 5.69 Å². The minimum atomic E-state index is -0.358. The third-order valence-electron chi connectivity index (χ3n) is 3.75. The Bertz CT molecular complexity index is 843. The highest BCUT2D eigenvalue weighted by Gasteiger charge is 2.38. The fourth-order valence-corrected chi connectivity index (χ4v) is 3.15. The predicted octanol–water partition coefficient (Wildman–Crippen LogP) is 4.25. The maximum atomic E-state index is 13.0. The van der Waals surface area contributed by atoms with Gasteiger partial charge in [0.15, 0.2) is 0 Å². The maximum absolute atomic E-state index is 13.0. The van der Waals surface area contributed by atoms with Gasteiger partial charge in [0, 0.05) is 22.5 Å². The summed E-state index contributed by atoms with van der Waals surface area (Å²) in [5.41, 5.74) is 2.50. The van der Waals surface area contributed by atoms with Gasteiger partial charge in [0.1, 0.15) is 5.76 Å². The molecule has 0 N–H and O–H groups in total. The zero-order chi connectivity index (χ0) is 17.3. The number of nitrogens with zero attached hydrogens (tertiary/aromatic N) is 1. The molecule has 24 heavy (non-hydrogen) atoms. The summed E-state index contributed by atoms with van der Waals surface area (Å²) in [7, 11) is 0. The third kappa shape index (κ3) is 2.76. The van der Waals surface area contributed by atoms with Crippen molar-refractivity contribution in [2.24, 2.45) is 0 Å². The number of anilines is 1. The van der Waals surface area contributed by atoms with Crippen LogP contribution in [0.2, 0.25) is 0 Å². The van der Waals surface area contributed by atoms with Crippen molar-refractivity contribution < 1.29 is 14.3 Å². The second-order valence-corrected chi connectivity index (χ2v) is 6.24. The van der Waals surface area contributed by atoms with Gasteiger partial charge in [0.2, 0.25) is 5.91 Å². The van der Waals surface area contributed by atoms with Crippen LogP contribution in [0.25, 0.3) is 11.3 Å². The van der Waals surface area contributed by atoms with Crippen molar-refractivity contribution in [3.63, 3.8) is 0 Å². The van der Waals surface area contributed by atoms with E-state index in [1.54, 1.807) is 6.07 Å². The Labute approximate surface area is 148 Å². The zero-order valence-electron chi connectivity index (χ0n) is 13.4. The quantitative estimate of drug-likeness (QED) is 0.586. The van der Waals surface area contributed by atoms with Gasteiger partial charge in [-0.1, -0.05) is 52.3 Å². The Morgan fingerprint density at radius 1 is 1.17 bits per heavy atom. The van der Waals surface area contributed by atoms with Gasteiger partial charge in [0.05, 0.1) is 17.9 Å². The predicted molar refractivity (Wildman–Crippen MR) is 97.2 cm³/mol. The molecule has 4 nitrogen and oxygen atoms in total. The molecule has 0 atom stereocenters. The Balaban J connectivity index is 2.29. The molecule has 0 unspecified atom stereocenters. The van der Waals surface area contributed by atoms with Crippen LogP contribution in [0.1, 0.15) is 25.0 Å². The smallest absolute Gasteiger partial charge is 0.269 e. The minimum absolute atomic E-state index is 0.321. The molecule has 0 saturated carbocycles. The fourth-order valence-electron chi connectivity index (χ4n) is 2.80. The first-order valence-electron chi connectivity index (χ1n) is 7.62. The van der Waals surface area contributed by atoms with Crippen LogP contribution in [-0.2, 0) is 14.3 Å². The maximum Gasteiger partial charge on any atom is 0.269 e. The van der Waals surface area contributed by atoms with Gasteiger partial charge < -0.3 is 4.74 Å². The number of benzene rings is 2. The monoisotopic (exact) mass is 385 g/mol. The molecule has 1 heterocycles. The van der Waals surface area contributed by atoms with E-state index in [2.05, 4.69) is 15.9 Å². The summed E-state index contributed by atoms with van der Waals surface area (Å²) in [4.78, 5) is 26.2. The molecule has 0 saturated heterocycles. The average Bonchev–Trinajstić information content (AvgIpc) is 2.84. The van der Waals surface area contributed by atoms with Crippen LogP contribution in [0.3, 0.4) is 0 Å². The molecule has 0 bridgehead atoms. The number of rotatable bonds is 3. The van der Waals surface area contributed by atoms with Gasteiger partial charge in [-0.25, -0.2) is 4.90 Å². The van der Waals surface area contributed by atoms with E-state index >= 15 is 0 Å². The standard InChI is InChI=1S/C19H16BrNO3/c1-3-24-18(13-7-5-4-6-8-13)17-15-10-9-14(20)11-16(15)21(12(2)22)19(17)23/h4-11H,3H2,1-2H3. The summed E-state index contributed by atoms with van der Waals surface area (Å²) >= 11 is 3.40. The molecule has 1 aliphatic heterocycles. The zero-order valence-corrected chi connectivity index (χ0v) is 15.0. The van der Waals surface area contributed by atoms with Crippen molar-refractivity contribution >= 4 is 44.8 Å². The molecule has 0 radical (unpaired) electrons. The number of carbonyl (C=O) groups excluding carboxylic acids is 2. The highest BCUT2D eigenvalue weighted by atomic mass is 79.9. The highest BCUT2D eigenvalue weighted by molar-refractivity contribution is 9.10. The summed E-state index contributed by atoms with van der Waals surface area (Å²) < 4.78 is 6.61. The van der Waals surface area contributed by atoms with Crippen molar-refractivity contribution in [3.8, 4) is 0 Å². The number of hydrogen-bond donors (Lipinski definition) is 0. The van der Waals surface area contributed by atoms with Crippen LogP contribution in [0, 0.1) is 0 Å². The van der Waals surface area contributed by atoms with Gasteiger partial charge in [-0.2, -0.15) is 0 Å². The summed E-state index contributed by atoms with van der Waals surface area (Å²) in [5, 5.41) is 0.